The summed E-state index contributed by atoms with van der Waals surface area (Å²) in [6.45, 7) is 5.91. The van der Waals surface area contributed by atoms with Gasteiger partial charge in [0.15, 0.2) is 0 Å². The molecular weight excluding hydrogens is 254 g/mol. The van der Waals surface area contributed by atoms with E-state index in [1.807, 2.05) is 26.8 Å². The van der Waals surface area contributed by atoms with Gasteiger partial charge in [-0.15, -0.1) is 0 Å². The van der Waals surface area contributed by atoms with Gasteiger partial charge in [0, 0.05) is 11.1 Å². The average Bonchev–Trinajstić information content (AvgIpc) is 2.17. The number of hydrogen-bond acceptors (Lipinski definition) is 1. The Labute approximate surface area is 96.5 Å². The third kappa shape index (κ3) is 1.61. The van der Waals surface area contributed by atoms with Crippen LogP contribution in [0.5, 0.6) is 0 Å². The molecule has 3 heteroatoms. The standard InChI is InChI=1S/C12H12BrNO/c1-6-4-7(2)11-9(5-6)12(15)10(13)8(3)14-11/h4-5H,1-3H3,(H,14,15). The molecule has 0 saturated heterocycles. The predicted octanol–water partition coefficient (Wildman–Crippen LogP) is 3.22. The molecule has 1 aromatic carbocycles. The van der Waals surface area contributed by atoms with Gasteiger partial charge in [-0.3, -0.25) is 4.79 Å². The summed E-state index contributed by atoms with van der Waals surface area (Å²) in [4.78, 5) is 15.2. The van der Waals surface area contributed by atoms with E-state index in [0.717, 1.165) is 27.7 Å². The van der Waals surface area contributed by atoms with E-state index in [0.29, 0.717) is 4.47 Å². The first-order chi connectivity index (χ1) is 7.00. The first kappa shape index (κ1) is 10.4. The minimum Gasteiger partial charge on any atom is -0.357 e. The lowest BCUT2D eigenvalue weighted by Gasteiger charge is -2.07. The number of aromatic nitrogens is 1. The molecule has 2 rings (SSSR count). The Morgan fingerprint density at radius 2 is 1.87 bits per heavy atom. The number of fused-ring (bicyclic) bond motifs is 1. The maximum absolute atomic E-state index is 12.0. The number of aryl methyl sites for hydroxylation is 3. The van der Waals surface area contributed by atoms with E-state index in [1.165, 1.54) is 0 Å². The fraction of sp³-hybridized carbons (Fsp3) is 0.250. The first-order valence-electron chi connectivity index (χ1n) is 4.80. The summed E-state index contributed by atoms with van der Waals surface area (Å²) < 4.78 is 0.625. The molecule has 2 nitrogen and oxygen atoms in total. The van der Waals surface area contributed by atoms with Gasteiger partial charge >= 0.3 is 0 Å². The molecule has 0 aliphatic rings. The lowest BCUT2D eigenvalue weighted by atomic mass is 10.1. The molecule has 0 aliphatic carbocycles. The molecule has 0 bridgehead atoms. The second kappa shape index (κ2) is 3.49. The lowest BCUT2D eigenvalue weighted by molar-refractivity contribution is 1.20. The number of hydrogen-bond donors (Lipinski definition) is 1. The Morgan fingerprint density at radius 3 is 2.53 bits per heavy atom. The van der Waals surface area contributed by atoms with Crippen LogP contribution in [0.15, 0.2) is 21.4 Å². The average molecular weight is 266 g/mol. The SMILES string of the molecule is Cc1cc(C)c2[nH]c(C)c(Br)c(=O)c2c1. The zero-order valence-electron chi connectivity index (χ0n) is 8.94. The number of nitrogens with one attached hydrogen (secondary N) is 1. The molecule has 1 heterocycles. The molecule has 1 aromatic heterocycles. The van der Waals surface area contributed by atoms with Crippen LogP contribution in [-0.2, 0) is 0 Å². The summed E-state index contributed by atoms with van der Waals surface area (Å²) in [7, 11) is 0. The summed E-state index contributed by atoms with van der Waals surface area (Å²) in [6.07, 6.45) is 0. The van der Waals surface area contributed by atoms with Crippen LogP contribution in [0, 0.1) is 20.8 Å². The van der Waals surface area contributed by atoms with Crippen LogP contribution >= 0.6 is 15.9 Å². The second-order valence-corrected chi connectivity index (χ2v) is 4.69. The zero-order valence-corrected chi connectivity index (χ0v) is 10.5. The smallest absolute Gasteiger partial charge is 0.203 e. The van der Waals surface area contributed by atoms with Crippen molar-refractivity contribution in [2.75, 3.05) is 0 Å². The van der Waals surface area contributed by atoms with Crippen LogP contribution in [0.1, 0.15) is 16.8 Å². The highest BCUT2D eigenvalue weighted by atomic mass is 79.9. The van der Waals surface area contributed by atoms with Crippen molar-refractivity contribution in [1.82, 2.24) is 4.98 Å². The lowest BCUT2D eigenvalue weighted by Crippen LogP contribution is -2.07. The number of pyridine rings is 1. The molecule has 0 unspecified atom stereocenters. The largest absolute Gasteiger partial charge is 0.357 e. The third-order valence-electron chi connectivity index (χ3n) is 2.57. The van der Waals surface area contributed by atoms with E-state index in [1.54, 1.807) is 0 Å². The van der Waals surface area contributed by atoms with Crippen LogP contribution in [0.2, 0.25) is 0 Å². The Bertz CT molecular complexity index is 599. The van der Waals surface area contributed by atoms with Crippen molar-refractivity contribution in [3.63, 3.8) is 0 Å². The van der Waals surface area contributed by atoms with Gasteiger partial charge in [-0.05, 0) is 53.9 Å². The Kier molecular flexibility index (Phi) is 2.43. The van der Waals surface area contributed by atoms with Crippen molar-refractivity contribution in [2.24, 2.45) is 0 Å². The van der Waals surface area contributed by atoms with Gasteiger partial charge < -0.3 is 4.98 Å². The van der Waals surface area contributed by atoms with E-state index < -0.39 is 0 Å². The van der Waals surface area contributed by atoms with Gasteiger partial charge in [-0.1, -0.05) is 6.07 Å². The Hall–Kier alpha value is -1.09. The van der Waals surface area contributed by atoms with Crippen LogP contribution in [0.3, 0.4) is 0 Å². The molecule has 0 fully saturated rings. The maximum Gasteiger partial charge on any atom is 0.203 e. The molecule has 15 heavy (non-hydrogen) atoms. The molecule has 78 valence electrons. The third-order valence-corrected chi connectivity index (χ3v) is 3.52. The Morgan fingerprint density at radius 1 is 1.20 bits per heavy atom. The molecule has 0 radical (unpaired) electrons. The van der Waals surface area contributed by atoms with Gasteiger partial charge in [-0.25, -0.2) is 0 Å². The second-order valence-electron chi connectivity index (χ2n) is 3.90. The molecule has 2 aromatic rings. The van der Waals surface area contributed by atoms with Crippen molar-refractivity contribution in [2.45, 2.75) is 20.8 Å². The maximum atomic E-state index is 12.0. The Balaban J connectivity index is 3.06. The summed E-state index contributed by atoms with van der Waals surface area (Å²) >= 11 is 3.31. The van der Waals surface area contributed by atoms with Crippen molar-refractivity contribution in [3.05, 3.63) is 43.6 Å². The summed E-state index contributed by atoms with van der Waals surface area (Å²) in [6, 6.07) is 4.00. The number of halogens is 1. The van der Waals surface area contributed by atoms with Crippen LogP contribution < -0.4 is 5.43 Å². The predicted molar refractivity (Wildman–Crippen MR) is 66.5 cm³/mol. The van der Waals surface area contributed by atoms with Crippen LogP contribution in [-0.4, -0.2) is 4.98 Å². The summed E-state index contributed by atoms with van der Waals surface area (Å²) in [5.41, 5.74) is 4.10. The molecule has 0 saturated carbocycles. The van der Waals surface area contributed by atoms with E-state index >= 15 is 0 Å². The minimum atomic E-state index is 0.0630. The highest BCUT2D eigenvalue weighted by Gasteiger charge is 2.08. The van der Waals surface area contributed by atoms with Crippen molar-refractivity contribution in [1.29, 1.82) is 0 Å². The summed E-state index contributed by atoms with van der Waals surface area (Å²) in [5, 5.41) is 0.755. The van der Waals surface area contributed by atoms with Gasteiger partial charge in [0.05, 0.1) is 9.99 Å². The highest BCUT2D eigenvalue weighted by Crippen LogP contribution is 2.19. The fourth-order valence-electron chi connectivity index (χ4n) is 1.84. The first-order valence-corrected chi connectivity index (χ1v) is 5.59. The number of benzene rings is 1. The van der Waals surface area contributed by atoms with E-state index in [2.05, 4.69) is 27.0 Å². The van der Waals surface area contributed by atoms with Crippen molar-refractivity contribution >= 4 is 26.8 Å². The minimum absolute atomic E-state index is 0.0630. The normalized spacial score (nSPS) is 10.9. The highest BCUT2D eigenvalue weighted by molar-refractivity contribution is 9.10. The number of aromatic amines is 1. The van der Waals surface area contributed by atoms with Crippen molar-refractivity contribution < 1.29 is 0 Å². The number of rotatable bonds is 0. The molecule has 0 amide bonds. The fourth-order valence-corrected chi connectivity index (χ4v) is 2.16. The topological polar surface area (TPSA) is 32.9 Å². The van der Waals surface area contributed by atoms with E-state index in [4.69, 9.17) is 0 Å². The van der Waals surface area contributed by atoms with E-state index in [-0.39, 0.29) is 5.43 Å². The quantitative estimate of drug-likeness (QED) is 0.780. The van der Waals surface area contributed by atoms with Crippen LogP contribution in [0.4, 0.5) is 0 Å². The molecule has 0 spiro atoms. The monoisotopic (exact) mass is 265 g/mol. The molecule has 0 aliphatic heterocycles. The van der Waals surface area contributed by atoms with E-state index in [9.17, 15) is 4.79 Å². The molecule has 1 N–H and O–H groups in total. The number of H-pyrrole nitrogens is 1. The van der Waals surface area contributed by atoms with Crippen molar-refractivity contribution in [3.8, 4) is 0 Å². The molecule has 0 atom stereocenters. The van der Waals surface area contributed by atoms with Gasteiger partial charge in [0.2, 0.25) is 5.43 Å². The summed E-state index contributed by atoms with van der Waals surface area (Å²) in [5.74, 6) is 0. The zero-order chi connectivity index (χ0) is 11.2. The van der Waals surface area contributed by atoms with Gasteiger partial charge in [-0.2, -0.15) is 0 Å². The molecular formula is C12H12BrNO. The van der Waals surface area contributed by atoms with Gasteiger partial charge in [0.25, 0.3) is 0 Å². The van der Waals surface area contributed by atoms with Crippen LogP contribution in [0.25, 0.3) is 10.9 Å². The van der Waals surface area contributed by atoms with Gasteiger partial charge in [0.1, 0.15) is 0 Å².